The van der Waals surface area contributed by atoms with Crippen LogP contribution < -0.4 is 0 Å². The Kier molecular flexibility index (Phi) is 4.08. The first kappa shape index (κ1) is 12.9. The van der Waals surface area contributed by atoms with Crippen molar-refractivity contribution in [2.45, 2.75) is 25.6 Å². The predicted octanol–water partition coefficient (Wildman–Crippen LogP) is 4.94. The number of nitrogens with zero attached hydrogens (tertiary/aromatic N) is 1. The molecule has 17 heavy (non-hydrogen) atoms. The van der Waals surface area contributed by atoms with E-state index in [4.69, 9.17) is 23.2 Å². The molecule has 0 amide bonds. The minimum Gasteiger partial charge on any atom is -0.247 e. The summed E-state index contributed by atoms with van der Waals surface area (Å²) in [6.45, 7) is 4.02. The molecule has 1 atom stereocenters. The van der Waals surface area contributed by atoms with Gasteiger partial charge in [-0.05, 0) is 38.0 Å². The number of hydrogen-bond acceptors (Lipinski definition) is 2. The second-order valence-corrected chi connectivity index (χ2v) is 6.18. The smallest absolute Gasteiger partial charge is 0.0900 e. The zero-order chi connectivity index (χ0) is 12.4. The molecule has 2 aromatic rings. The third kappa shape index (κ3) is 3.21. The van der Waals surface area contributed by atoms with Crippen LogP contribution in [0.4, 0.5) is 0 Å². The highest BCUT2D eigenvalue weighted by molar-refractivity contribution is 7.12. The summed E-state index contributed by atoms with van der Waals surface area (Å²) in [4.78, 5) is 5.57. The lowest BCUT2D eigenvalue weighted by Gasteiger charge is -2.08. The first-order valence-electron chi connectivity index (χ1n) is 5.38. The number of thiazole rings is 1. The molecule has 0 fully saturated rings. The molecule has 1 unspecified atom stereocenters. The third-order valence-electron chi connectivity index (χ3n) is 2.55. The number of halogens is 2. The number of aryl methyl sites for hydroxylation is 2. The van der Waals surface area contributed by atoms with E-state index in [1.165, 1.54) is 10.4 Å². The van der Waals surface area contributed by atoms with Gasteiger partial charge < -0.3 is 0 Å². The Morgan fingerprint density at radius 2 is 1.88 bits per heavy atom. The summed E-state index contributed by atoms with van der Waals surface area (Å²) in [6, 6.07) is 7.82. The maximum absolute atomic E-state index is 6.44. The maximum atomic E-state index is 6.44. The third-order valence-corrected chi connectivity index (χ3v) is 4.49. The van der Waals surface area contributed by atoms with Crippen molar-refractivity contribution in [1.29, 1.82) is 0 Å². The molecule has 0 spiro atoms. The van der Waals surface area contributed by atoms with Gasteiger partial charge in [0, 0.05) is 9.90 Å². The molecule has 0 aliphatic rings. The lowest BCUT2D eigenvalue weighted by molar-refractivity contribution is 0.923. The van der Waals surface area contributed by atoms with Crippen molar-refractivity contribution in [3.63, 3.8) is 0 Å². The van der Waals surface area contributed by atoms with E-state index in [0.717, 1.165) is 22.1 Å². The van der Waals surface area contributed by atoms with Crippen LogP contribution in [0.3, 0.4) is 0 Å². The van der Waals surface area contributed by atoms with Crippen LogP contribution in [0.2, 0.25) is 5.02 Å². The summed E-state index contributed by atoms with van der Waals surface area (Å²) in [5.74, 6) is 0. The van der Waals surface area contributed by atoms with Crippen LogP contribution in [0.25, 0.3) is 0 Å². The first-order valence-corrected chi connectivity index (χ1v) is 7.02. The standard InChI is InChI=1S/C13H13Cl2NS/c1-8-13(17-9(2)16-8)12(15)7-10-3-5-11(14)6-4-10/h3-6,12H,7H2,1-2H3. The molecule has 0 saturated heterocycles. The first-order chi connectivity index (χ1) is 8.06. The van der Waals surface area contributed by atoms with E-state index >= 15 is 0 Å². The Bertz CT molecular complexity index is 505. The maximum Gasteiger partial charge on any atom is 0.0900 e. The van der Waals surface area contributed by atoms with Gasteiger partial charge in [0.2, 0.25) is 0 Å². The quantitative estimate of drug-likeness (QED) is 0.728. The molecule has 1 nitrogen and oxygen atoms in total. The number of hydrogen-bond donors (Lipinski definition) is 0. The Balaban J connectivity index is 2.14. The topological polar surface area (TPSA) is 12.9 Å². The lowest BCUT2D eigenvalue weighted by atomic mass is 10.1. The van der Waals surface area contributed by atoms with Gasteiger partial charge in [0.1, 0.15) is 0 Å². The Morgan fingerprint density at radius 1 is 1.24 bits per heavy atom. The van der Waals surface area contributed by atoms with Crippen LogP contribution in [0.5, 0.6) is 0 Å². The molecule has 2 rings (SSSR count). The van der Waals surface area contributed by atoms with E-state index < -0.39 is 0 Å². The molecular formula is C13H13Cl2NS. The van der Waals surface area contributed by atoms with Crippen LogP contribution in [0.1, 0.15) is 26.5 Å². The number of alkyl halides is 1. The van der Waals surface area contributed by atoms with Gasteiger partial charge >= 0.3 is 0 Å². The van der Waals surface area contributed by atoms with Crippen LogP contribution in [0, 0.1) is 13.8 Å². The lowest BCUT2D eigenvalue weighted by Crippen LogP contribution is -1.95. The Morgan fingerprint density at radius 3 is 2.41 bits per heavy atom. The van der Waals surface area contributed by atoms with E-state index in [1.54, 1.807) is 11.3 Å². The zero-order valence-electron chi connectivity index (χ0n) is 9.71. The molecule has 0 bridgehead atoms. The summed E-state index contributed by atoms with van der Waals surface area (Å²) in [6.07, 6.45) is 0.807. The predicted molar refractivity (Wildman–Crippen MR) is 75.3 cm³/mol. The number of rotatable bonds is 3. The van der Waals surface area contributed by atoms with Gasteiger partial charge in [0.25, 0.3) is 0 Å². The molecule has 4 heteroatoms. The molecule has 0 saturated carbocycles. The normalized spacial score (nSPS) is 12.7. The highest BCUT2D eigenvalue weighted by atomic mass is 35.5. The molecule has 1 aromatic carbocycles. The molecule has 0 aliphatic carbocycles. The minimum atomic E-state index is -0.0117. The number of benzene rings is 1. The van der Waals surface area contributed by atoms with Crippen molar-refractivity contribution in [1.82, 2.24) is 4.98 Å². The van der Waals surface area contributed by atoms with Gasteiger partial charge in [-0.15, -0.1) is 22.9 Å². The van der Waals surface area contributed by atoms with E-state index in [2.05, 4.69) is 4.98 Å². The van der Waals surface area contributed by atoms with Crippen LogP contribution >= 0.6 is 34.5 Å². The zero-order valence-corrected chi connectivity index (χ0v) is 12.0. The van der Waals surface area contributed by atoms with Crippen LogP contribution in [-0.2, 0) is 6.42 Å². The van der Waals surface area contributed by atoms with E-state index in [0.29, 0.717) is 0 Å². The van der Waals surface area contributed by atoms with Crippen molar-refractivity contribution in [3.05, 3.63) is 50.4 Å². The fourth-order valence-corrected chi connectivity index (χ4v) is 3.26. The summed E-state index contributed by atoms with van der Waals surface area (Å²) < 4.78 is 0. The molecular weight excluding hydrogens is 273 g/mol. The SMILES string of the molecule is Cc1nc(C)c(C(Cl)Cc2ccc(Cl)cc2)s1. The van der Waals surface area contributed by atoms with Crippen molar-refractivity contribution >= 4 is 34.5 Å². The van der Waals surface area contributed by atoms with Crippen LogP contribution in [0.15, 0.2) is 24.3 Å². The summed E-state index contributed by atoms with van der Waals surface area (Å²) in [5, 5.41) is 1.81. The Hall–Kier alpha value is -0.570. The van der Waals surface area contributed by atoms with Crippen molar-refractivity contribution in [2.24, 2.45) is 0 Å². The molecule has 0 aliphatic heterocycles. The monoisotopic (exact) mass is 285 g/mol. The fourth-order valence-electron chi connectivity index (χ4n) is 1.76. The average Bonchev–Trinajstić information content (AvgIpc) is 2.61. The second-order valence-electron chi connectivity index (χ2n) is 3.98. The van der Waals surface area contributed by atoms with Crippen molar-refractivity contribution < 1.29 is 0 Å². The molecule has 0 N–H and O–H groups in total. The van der Waals surface area contributed by atoms with Gasteiger partial charge in [-0.3, -0.25) is 0 Å². The van der Waals surface area contributed by atoms with Gasteiger partial charge in [0.05, 0.1) is 16.1 Å². The molecule has 0 radical (unpaired) electrons. The van der Waals surface area contributed by atoms with Gasteiger partial charge in [0.15, 0.2) is 0 Å². The average molecular weight is 286 g/mol. The van der Waals surface area contributed by atoms with Crippen molar-refractivity contribution in [2.75, 3.05) is 0 Å². The molecule has 90 valence electrons. The van der Waals surface area contributed by atoms with E-state index in [1.807, 2.05) is 38.1 Å². The highest BCUT2D eigenvalue weighted by Gasteiger charge is 2.15. The van der Waals surface area contributed by atoms with Crippen LogP contribution in [-0.4, -0.2) is 4.98 Å². The minimum absolute atomic E-state index is 0.0117. The van der Waals surface area contributed by atoms with Gasteiger partial charge in [-0.1, -0.05) is 23.7 Å². The van der Waals surface area contributed by atoms with Gasteiger partial charge in [-0.2, -0.15) is 0 Å². The van der Waals surface area contributed by atoms with Crippen molar-refractivity contribution in [3.8, 4) is 0 Å². The van der Waals surface area contributed by atoms with E-state index in [9.17, 15) is 0 Å². The second kappa shape index (κ2) is 5.38. The largest absolute Gasteiger partial charge is 0.247 e. The summed E-state index contributed by atoms with van der Waals surface area (Å²) in [5.41, 5.74) is 2.24. The number of aromatic nitrogens is 1. The summed E-state index contributed by atoms with van der Waals surface area (Å²) in [7, 11) is 0. The molecule has 1 heterocycles. The molecule has 1 aromatic heterocycles. The highest BCUT2D eigenvalue weighted by Crippen LogP contribution is 2.32. The Labute approximate surface area is 115 Å². The van der Waals surface area contributed by atoms with Gasteiger partial charge in [-0.25, -0.2) is 4.98 Å². The fraction of sp³-hybridized carbons (Fsp3) is 0.308. The summed E-state index contributed by atoms with van der Waals surface area (Å²) >= 11 is 14.0. The van der Waals surface area contributed by atoms with E-state index in [-0.39, 0.29) is 5.38 Å².